The molecule has 1 aliphatic heterocycles. The lowest BCUT2D eigenvalue weighted by molar-refractivity contribution is 0.0692. The molecule has 1 N–H and O–H groups in total. The van der Waals surface area contributed by atoms with E-state index in [1.807, 2.05) is 0 Å². The summed E-state index contributed by atoms with van der Waals surface area (Å²) < 4.78 is 5.10. The van der Waals surface area contributed by atoms with Crippen LogP contribution in [0.15, 0.2) is 10.7 Å². The maximum absolute atomic E-state index is 11.0. The quantitative estimate of drug-likeness (QED) is 0.844. The predicted octanol–water partition coefficient (Wildman–Crippen LogP) is 1.57. The second-order valence-electron chi connectivity index (χ2n) is 4.14. The van der Waals surface area contributed by atoms with Gasteiger partial charge in [0.15, 0.2) is 5.76 Å². The van der Waals surface area contributed by atoms with Crippen molar-refractivity contribution in [2.24, 2.45) is 0 Å². The fourth-order valence-corrected chi connectivity index (χ4v) is 2.26. The molecule has 2 rings (SSSR count). The number of likely N-dealkylation sites (tertiary alicyclic amines) is 1. The largest absolute Gasteiger partial charge is 0.478 e. The highest BCUT2D eigenvalue weighted by Crippen LogP contribution is 2.29. The summed E-state index contributed by atoms with van der Waals surface area (Å²) in [6.07, 6.45) is 3.35. The van der Waals surface area contributed by atoms with Crippen molar-refractivity contribution in [3.63, 3.8) is 0 Å². The van der Waals surface area contributed by atoms with Crippen LogP contribution in [0.4, 0.5) is 0 Å². The zero-order valence-electron chi connectivity index (χ0n) is 9.35. The van der Waals surface area contributed by atoms with Gasteiger partial charge in [0.25, 0.3) is 0 Å². The summed E-state index contributed by atoms with van der Waals surface area (Å²) in [4.78, 5) is 13.3. The molecular weight excluding hydrogens is 208 g/mol. The first-order chi connectivity index (χ1) is 7.72. The molecule has 88 valence electrons. The topological polar surface area (TPSA) is 66.6 Å². The Kier molecular flexibility index (Phi) is 3.24. The molecule has 1 aliphatic rings. The van der Waals surface area contributed by atoms with Crippen molar-refractivity contribution in [2.75, 3.05) is 19.6 Å². The number of aromatic carboxylic acids is 1. The average Bonchev–Trinajstić information content (AvgIpc) is 2.78. The minimum absolute atomic E-state index is 0.169. The summed E-state index contributed by atoms with van der Waals surface area (Å²) in [6, 6.07) is 0. The Labute approximate surface area is 94.0 Å². The van der Waals surface area contributed by atoms with Gasteiger partial charge in [-0.25, -0.2) is 4.79 Å². The van der Waals surface area contributed by atoms with Crippen molar-refractivity contribution in [1.29, 1.82) is 0 Å². The molecule has 5 heteroatoms. The van der Waals surface area contributed by atoms with Crippen LogP contribution in [-0.2, 0) is 0 Å². The Morgan fingerprint density at radius 2 is 2.56 bits per heavy atom. The Balaban J connectivity index is 2.16. The van der Waals surface area contributed by atoms with Gasteiger partial charge >= 0.3 is 5.97 Å². The summed E-state index contributed by atoms with van der Waals surface area (Å²) >= 11 is 0. The fraction of sp³-hybridized carbons (Fsp3) is 0.636. The highest BCUT2D eigenvalue weighted by atomic mass is 16.5. The molecule has 0 bridgehead atoms. The predicted molar refractivity (Wildman–Crippen MR) is 57.6 cm³/mol. The summed E-state index contributed by atoms with van der Waals surface area (Å²) in [5.74, 6) is -0.252. The van der Waals surface area contributed by atoms with Crippen LogP contribution < -0.4 is 0 Å². The van der Waals surface area contributed by atoms with Crippen LogP contribution in [-0.4, -0.2) is 40.8 Å². The highest BCUT2D eigenvalue weighted by Gasteiger charge is 2.28. The molecule has 0 saturated carbocycles. The molecular formula is C11H16N2O3. The number of carboxylic acids is 1. The number of nitrogens with zero attached hydrogens (tertiary/aromatic N) is 2. The lowest BCUT2D eigenvalue weighted by atomic mass is 9.93. The molecule has 16 heavy (non-hydrogen) atoms. The molecule has 1 unspecified atom stereocenters. The molecule has 0 spiro atoms. The van der Waals surface area contributed by atoms with E-state index >= 15 is 0 Å². The van der Waals surface area contributed by atoms with Crippen molar-refractivity contribution in [3.05, 3.63) is 17.5 Å². The van der Waals surface area contributed by atoms with E-state index < -0.39 is 5.97 Å². The zero-order chi connectivity index (χ0) is 11.5. The molecule has 5 nitrogen and oxygen atoms in total. The van der Waals surface area contributed by atoms with Crippen LogP contribution in [0.3, 0.4) is 0 Å². The monoisotopic (exact) mass is 224 g/mol. The van der Waals surface area contributed by atoms with Gasteiger partial charge in [-0.3, -0.25) is 0 Å². The molecule has 0 radical (unpaired) electrons. The second kappa shape index (κ2) is 4.65. The van der Waals surface area contributed by atoms with E-state index in [4.69, 9.17) is 9.63 Å². The number of rotatable bonds is 3. The van der Waals surface area contributed by atoms with Crippen LogP contribution >= 0.6 is 0 Å². The summed E-state index contributed by atoms with van der Waals surface area (Å²) in [5, 5.41) is 12.6. The smallest absolute Gasteiger partial charge is 0.340 e. The minimum atomic E-state index is -0.954. The van der Waals surface area contributed by atoms with Gasteiger partial charge in [0.05, 0.1) is 6.20 Å². The number of piperidine rings is 1. The van der Waals surface area contributed by atoms with Gasteiger partial charge in [-0.1, -0.05) is 12.1 Å². The van der Waals surface area contributed by atoms with Crippen LogP contribution in [0.25, 0.3) is 0 Å². The summed E-state index contributed by atoms with van der Waals surface area (Å²) in [7, 11) is 0. The average molecular weight is 224 g/mol. The molecule has 1 fully saturated rings. The van der Waals surface area contributed by atoms with Crippen molar-refractivity contribution in [2.45, 2.75) is 25.7 Å². The van der Waals surface area contributed by atoms with Gasteiger partial charge in [-0.2, -0.15) is 0 Å². The summed E-state index contributed by atoms with van der Waals surface area (Å²) in [6.45, 7) is 5.06. The molecule has 0 aromatic carbocycles. The molecule has 1 aromatic rings. The standard InChI is InChI=1S/C11H16N2O3/c1-2-13-5-3-4-8(7-13)10-9(11(14)15)6-12-16-10/h6,8H,2-5,7H2,1H3,(H,14,15). The third kappa shape index (κ3) is 2.09. The molecule has 1 aromatic heterocycles. The zero-order valence-corrected chi connectivity index (χ0v) is 9.35. The van der Waals surface area contributed by atoms with Crippen molar-refractivity contribution < 1.29 is 14.4 Å². The van der Waals surface area contributed by atoms with E-state index in [-0.39, 0.29) is 11.5 Å². The number of hydrogen-bond acceptors (Lipinski definition) is 4. The van der Waals surface area contributed by atoms with E-state index in [2.05, 4.69) is 17.0 Å². The number of carboxylic acid groups (broad SMARTS) is 1. The van der Waals surface area contributed by atoms with Crippen LogP contribution in [0.1, 0.15) is 41.8 Å². The van der Waals surface area contributed by atoms with Crippen LogP contribution in [0, 0.1) is 0 Å². The Bertz CT molecular complexity index is 375. The number of likely N-dealkylation sites (N-methyl/N-ethyl adjacent to an activating group) is 1. The van der Waals surface area contributed by atoms with Crippen LogP contribution in [0.2, 0.25) is 0 Å². The highest BCUT2D eigenvalue weighted by molar-refractivity contribution is 5.88. The molecule has 0 aliphatic carbocycles. The second-order valence-corrected chi connectivity index (χ2v) is 4.14. The van der Waals surface area contributed by atoms with Gasteiger partial charge in [0.1, 0.15) is 5.56 Å². The number of aromatic nitrogens is 1. The van der Waals surface area contributed by atoms with Gasteiger partial charge in [-0.05, 0) is 25.9 Å². The minimum Gasteiger partial charge on any atom is -0.478 e. The molecule has 1 atom stereocenters. The first kappa shape index (κ1) is 11.1. The van der Waals surface area contributed by atoms with E-state index in [9.17, 15) is 4.79 Å². The molecule has 2 heterocycles. The normalized spacial score (nSPS) is 22.2. The van der Waals surface area contributed by atoms with Gasteiger partial charge in [0.2, 0.25) is 0 Å². The number of hydrogen-bond donors (Lipinski definition) is 1. The third-order valence-corrected chi connectivity index (χ3v) is 3.15. The maximum Gasteiger partial charge on any atom is 0.340 e. The van der Waals surface area contributed by atoms with E-state index in [1.54, 1.807) is 0 Å². The lowest BCUT2D eigenvalue weighted by Crippen LogP contribution is -2.34. The Morgan fingerprint density at radius 1 is 1.75 bits per heavy atom. The van der Waals surface area contributed by atoms with Crippen molar-refractivity contribution in [3.8, 4) is 0 Å². The van der Waals surface area contributed by atoms with E-state index in [1.165, 1.54) is 6.20 Å². The van der Waals surface area contributed by atoms with Crippen molar-refractivity contribution in [1.82, 2.24) is 10.1 Å². The van der Waals surface area contributed by atoms with Crippen molar-refractivity contribution >= 4 is 5.97 Å². The fourth-order valence-electron chi connectivity index (χ4n) is 2.26. The van der Waals surface area contributed by atoms with E-state index in [0.29, 0.717) is 5.76 Å². The summed E-state index contributed by atoms with van der Waals surface area (Å²) in [5.41, 5.74) is 0.211. The van der Waals surface area contributed by atoms with E-state index in [0.717, 1.165) is 32.5 Å². The van der Waals surface area contributed by atoms with Crippen LogP contribution in [0.5, 0.6) is 0 Å². The third-order valence-electron chi connectivity index (χ3n) is 3.15. The molecule has 0 amide bonds. The molecule has 1 saturated heterocycles. The Hall–Kier alpha value is -1.36. The first-order valence-electron chi connectivity index (χ1n) is 5.62. The Morgan fingerprint density at radius 3 is 3.25 bits per heavy atom. The van der Waals surface area contributed by atoms with Gasteiger partial charge in [0, 0.05) is 12.5 Å². The lowest BCUT2D eigenvalue weighted by Gasteiger charge is -2.30. The SMILES string of the molecule is CCN1CCCC(c2oncc2C(=O)O)C1. The van der Waals surface area contributed by atoms with Gasteiger partial charge in [-0.15, -0.1) is 0 Å². The first-order valence-corrected chi connectivity index (χ1v) is 5.62. The maximum atomic E-state index is 11.0. The number of carbonyl (C=O) groups is 1. The van der Waals surface area contributed by atoms with Gasteiger partial charge < -0.3 is 14.5 Å².